The van der Waals surface area contributed by atoms with Gasteiger partial charge in [0.15, 0.2) is 0 Å². The third-order valence-corrected chi connectivity index (χ3v) is 12.5. The van der Waals surface area contributed by atoms with Crippen LogP contribution in [0.1, 0.15) is 162 Å². The van der Waals surface area contributed by atoms with Crippen LogP contribution in [-0.4, -0.2) is 3.21 Å². The summed E-state index contributed by atoms with van der Waals surface area (Å²) < 4.78 is 1.42. The van der Waals surface area contributed by atoms with Gasteiger partial charge in [0.25, 0.3) is 0 Å². The fraction of sp³-hybridized carbons (Fsp3) is 0.455. The normalized spacial score (nSPS) is 14.5. The molecule has 0 fully saturated rings. The minimum atomic E-state index is 0. The van der Waals surface area contributed by atoms with Crippen molar-refractivity contribution in [2.24, 2.45) is 11.3 Å². The van der Waals surface area contributed by atoms with Crippen LogP contribution < -0.4 is 24.8 Å². The van der Waals surface area contributed by atoms with Gasteiger partial charge in [-0.25, -0.2) is 6.08 Å². The molecular weight excluding hydrogens is 823 g/mol. The maximum Gasteiger partial charge on any atom is -1.00 e. The standard InChI is InChI=1S/C29H41.C15H14.C11H17.2ClH.Zr/c1-26(2,3)22-14-18-13-19-15-23(27(4,5)6)25(29(10,11)12)17-21(19)20(18)16-24(22)28(7,8)9;1-12-3-7-14(8-4-12)11-15-9-5-13(2)6-10-15;1-5-9-6-7-10(8-9)11(2,3)4;;;/h13-17H,1-12H3;3-10H,1-2H3;7-9H,5H2,1-4H3;2*1H;/q-1;;-1;;;+2/p-2. The van der Waals surface area contributed by atoms with E-state index in [0.717, 1.165) is 0 Å². The van der Waals surface area contributed by atoms with Gasteiger partial charge in [-0.3, -0.25) is 6.08 Å². The average molecular weight is 895 g/mol. The van der Waals surface area contributed by atoms with Crippen molar-refractivity contribution < 1.29 is 49.0 Å². The zero-order valence-electron chi connectivity index (χ0n) is 39.2. The predicted molar refractivity (Wildman–Crippen MR) is 247 cm³/mol. The van der Waals surface area contributed by atoms with Crippen LogP contribution in [0, 0.1) is 31.3 Å². The molecule has 0 nitrogen and oxygen atoms in total. The second-order valence-electron chi connectivity index (χ2n) is 21.4. The maximum absolute atomic E-state index is 3.35. The van der Waals surface area contributed by atoms with Crippen molar-refractivity contribution in [1.29, 1.82) is 0 Å². The van der Waals surface area contributed by atoms with Crippen LogP contribution in [0.2, 0.25) is 0 Å². The van der Waals surface area contributed by atoms with Crippen LogP contribution in [0.4, 0.5) is 0 Å². The molecule has 58 heavy (non-hydrogen) atoms. The third-order valence-electron chi connectivity index (χ3n) is 11.0. The summed E-state index contributed by atoms with van der Waals surface area (Å²) in [6.07, 6.45) is 9.00. The first kappa shape index (κ1) is 51.7. The van der Waals surface area contributed by atoms with Crippen molar-refractivity contribution in [3.05, 3.63) is 147 Å². The number of rotatable bonds is 3. The molecule has 5 aromatic carbocycles. The Labute approximate surface area is 382 Å². The Kier molecular flexibility index (Phi) is 17.4. The minimum Gasteiger partial charge on any atom is -1.00 e. The van der Waals surface area contributed by atoms with Crippen molar-refractivity contribution in [3.63, 3.8) is 0 Å². The Morgan fingerprint density at radius 2 is 0.862 bits per heavy atom. The van der Waals surface area contributed by atoms with E-state index in [0.29, 0.717) is 11.3 Å². The largest absolute Gasteiger partial charge is 1.00 e. The summed E-state index contributed by atoms with van der Waals surface area (Å²) in [5.74, 6) is 0.573. The van der Waals surface area contributed by atoms with Crippen LogP contribution in [0.5, 0.6) is 0 Å². The van der Waals surface area contributed by atoms with Gasteiger partial charge in [0.1, 0.15) is 0 Å². The summed E-state index contributed by atoms with van der Waals surface area (Å²) in [5, 5.41) is 5.57. The fourth-order valence-corrected chi connectivity index (χ4v) is 8.23. The van der Waals surface area contributed by atoms with E-state index in [2.05, 4.69) is 222 Å². The first-order valence-corrected chi connectivity index (χ1v) is 22.1. The quantitative estimate of drug-likeness (QED) is 0.159. The van der Waals surface area contributed by atoms with Gasteiger partial charge in [-0.15, -0.1) is 39.7 Å². The summed E-state index contributed by atoms with van der Waals surface area (Å²) in [4.78, 5) is 0. The van der Waals surface area contributed by atoms with Crippen LogP contribution in [0.3, 0.4) is 0 Å². The minimum absolute atomic E-state index is 0. The van der Waals surface area contributed by atoms with Gasteiger partial charge in [-0.1, -0.05) is 163 Å². The zero-order chi connectivity index (χ0) is 42.2. The molecule has 0 bridgehead atoms. The molecule has 0 heterocycles. The van der Waals surface area contributed by atoms with Gasteiger partial charge in [0.05, 0.1) is 0 Å². The Hall–Kier alpha value is -2.44. The monoisotopic (exact) mass is 892 g/mol. The van der Waals surface area contributed by atoms with E-state index in [-0.39, 0.29) is 46.5 Å². The first-order chi connectivity index (χ1) is 25.6. The summed E-state index contributed by atoms with van der Waals surface area (Å²) in [5.41, 5.74) is 13.5. The third kappa shape index (κ3) is 13.0. The molecule has 1 aliphatic carbocycles. The van der Waals surface area contributed by atoms with Crippen molar-refractivity contribution in [1.82, 2.24) is 0 Å². The molecule has 0 amide bonds. The smallest absolute Gasteiger partial charge is 1.00 e. The molecule has 1 unspecified atom stereocenters. The van der Waals surface area contributed by atoms with E-state index in [1.165, 1.54) is 105 Å². The number of hydrogen-bond acceptors (Lipinski definition) is 0. The van der Waals surface area contributed by atoms with Crippen LogP contribution in [0.25, 0.3) is 21.5 Å². The van der Waals surface area contributed by atoms with Gasteiger partial charge in [-0.2, -0.15) is 11.6 Å². The number of aryl methyl sites for hydroxylation is 2. The summed E-state index contributed by atoms with van der Waals surface area (Å²) in [6, 6.07) is 29.8. The Bertz CT molecular complexity index is 2070. The van der Waals surface area contributed by atoms with Crippen molar-refractivity contribution in [3.8, 4) is 0 Å². The molecule has 0 N–H and O–H groups in total. The SMILES string of the molecule is CC(C)(C)c1cc2[cH-]c3cc(C(C)(C)C)c(C(C)(C)C)cc3c2cc1C(C)(C)C.CCC1[C-]=CC(C(C)(C)C)=C1.Cc1ccc([C](=[Zr+2])c2ccc(C)cc2)cc1.[Cl-].[Cl-]. The van der Waals surface area contributed by atoms with Gasteiger partial charge >= 0.3 is 112 Å². The Morgan fingerprint density at radius 1 is 0.534 bits per heavy atom. The van der Waals surface area contributed by atoms with Crippen molar-refractivity contribution in [2.75, 3.05) is 0 Å². The molecule has 3 heteroatoms. The molecular formula is C55H72Cl2Zr-2. The molecule has 5 aromatic rings. The molecule has 0 saturated heterocycles. The number of fused-ring (bicyclic) bond motifs is 3. The second-order valence-corrected chi connectivity index (χ2v) is 22.6. The van der Waals surface area contributed by atoms with Crippen molar-refractivity contribution in [2.45, 2.75) is 153 Å². The molecule has 1 atom stereocenters. The Morgan fingerprint density at radius 3 is 1.12 bits per heavy atom. The molecule has 6 rings (SSSR count). The van der Waals surface area contributed by atoms with E-state index >= 15 is 0 Å². The van der Waals surface area contributed by atoms with Crippen LogP contribution in [-0.2, 0) is 45.9 Å². The van der Waals surface area contributed by atoms with Crippen LogP contribution >= 0.6 is 0 Å². The van der Waals surface area contributed by atoms with E-state index in [9.17, 15) is 0 Å². The zero-order valence-corrected chi connectivity index (χ0v) is 43.2. The average Bonchev–Trinajstić information content (AvgIpc) is 3.72. The predicted octanol–water partition coefficient (Wildman–Crippen LogP) is 9.69. The van der Waals surface area contributed by atoms with Gasteiger partial charge < -0.3 is 24.8 Å². The summed E-state index contributed by atoms with van der Waals surface area (Å²) in [6.45, 7) is 41.2. The first-order valence-electron chi connectivity index (χ1n) is 20.9. The fourth-order valence-electron chi connectivity index (χ4n) is 7.41. The summed E-state index contributed by atoms with van der Waals surface area (Å²) in [7, 11) is 0. The van der Waals surface area contributed by atoms with Crippen molar-refractivity contribution >= 4 is 24.8 Å². The molecule has 0 aromatic heterocycles. The molecule has 312 valence electrons. The van der Waals surface area contributed by atoms with Crippen LogP contribution in [0.15, 0.2) is 96.6 Å². The molecule has 0 aliphatic heterocycles. The van der Waals surface area contributed by atoms with Gasteiger partial charge in [0, 0.05) is 0 Å². The van der Waals surface area contributed by atoms with Gasteiger partial charge in [-0.05, 0) is 21.7 Å². The summed E-state index contributed by atoms with van der Waals surface area (Å²) >= 11 is 1.46. The van der Waals surface area contributed by atoms with E-state index in [1.54, 1.807) is 0 Å². The van der Waals surface area contributed by atoms with E-state index in [4.69, 9.17) is 0 Å². The topological polar surface area (TPSA) is 0 Å². The number of allylic oxidation sites excluding steroid dienone is 4. The number of halogens is 2. The molecule has 0 radical (unpaired) electrons. The number of hydrogen-bond donors (Lipinski definition) is 0. The molecule has 0 spiro atoms. The number of benzene rings is 4. The molecule has 0 saturated carbocycles. The van der Waals surface area contributed by atoms with E-state index in [1.807, 2.05) is 0 Å². The second kappa shape index (κ2) is 19.5. The Balaban J connectivity index is 0.000000336. The maximum atomic E-state index is 3.35. The van der Waals surface area contributed by atoms with Gasteiger partial charge in [0.2, 0.25) is 0 Å². The van der Waals surface area contributed by atoms with E-state index < -0.39 is 0 Å². The molecule has 1 aliphatic rings.